The third-order valence-electron chi connectivity index (χ3n) is 1.81. The third kappa shape index (κ3) is 2.47. The minimum absolute atomic E-state index is 0.0191. The molecule has 80 valence electrons. The van der Waals surface area contributed by atoms with Gasteiger partial charge in [-0.2, -0.15) is 0 Å². The van der Waals surface area contributed by atoms with Gasteiger partial charge in [-0.05, 0) is 18.4 Å². The van der Waals surface area contributed by atoms with Crippen molar-refractivity contribution in [2.24, 2.45) is 0 Å². The molecule has 1 aromatic carbocycles. The summed E-state index contributed by atoms with van der Waals surface area (Å²) in [5, 5.41) is 10.6. The summed E-state index contributed by atoms with van der Waals surface area (Å²) in [5.41, 5.74) is -0.256. The van der Waals surface area contributed by atoms with Crippen molar-refractivity contribution in [3.05, 3.63) is 33.9 Å². The molecule has 0 atom stereocenters. The number of benzene rings is 1. The SMILES string of the molecule is COC(=O)c1cc(SC)ccc1[N+](=O)[O-]. The summed E-state index contributed by atoms with van der Waals surface area (Å²) in [6.45, 7) is 0. The van der Waals surface area contributed by atoms with Gasteiger partial charge in [0.15, 0.2) is 0 Å². The van der Waals surface area contributed by atoms with Crippen molar-refractivity contribution in [1.82, 2.24) is 0 Å². The summed E-state index contributed by atoms with van der Waals surface area (Å²) in [6.07, 6.45) is 1.82. The van der Waals surface area contributed by atoms with Crippen LogP contribution < -0.4 is 0 Å². The Morgan fingerprint density at radius 1 is 1.53 bits per heavy atom. The molecule has 1 rings (SSSR count). The van der Waals surface area contributed by atoms with Gasteiger partial charge in [0.2, 0.25) is 0 Å². The molecule has 0 saturated heterocycles. The van der Waals surface area contributed by atoms with E-state index in [1.165, 1.54) is 31.0 Å². The first-order chi connectivity index (χ1) is 7.10. The highest BCUT2D eigenvalue weighted by Crippen LogP contribution is 2.25. The quantitative estimate of drug-likeness (QED) is 0.342. The number of carbonyl (C=O) groups is 1. The number of nitro groups is 1. The van der Waals surface area contributed by atoms with E-state index in [1.807, 2.05) is 6.26 Å². The third-order valence-corrected chi connectivity index (χ3v) is 2.53. The van der Waals surface area contributed by atoms with Gasteiger partial charge >= 0.3 is 5.97 Å². The smallest absolute Gasteiger partial charge is 0.344 e. The van der Waals surface area contributed by atoms with Crippen molar-refractivity contribution < 1.29 is 14.5 Å². The Balaban J connectivity index is 3.28. The number of rotatable bonds is 3. The number of esters is 1. The monoisotopic (exact) mass is 227 g/mol. The molecule has 0 fully saturated rings. The van der Waals surface area contributed by atoms with E-state index in [1.54, 1.807) is 6.07 Å². The van der Waals surface area contributed by atoms with Crippen LogP contribution in [0.4, 0.5) is 5.69 Å². The maximum atomic E-state index is 11.3. The molecular formula is C9H9NO4S. The first-order valence-corrected chi connectivity index (χ1v) is 5.23. The molecule has 0 amide bonds. The fourth-order valence-electron chi connectivity index (χ4n) is 1.07. The second kappa shape index (κ2) is 4.79. The lowest BCUT2D eigenvalue weighted by molar-refractivity contribution is -0.385. The average Bonchev–Trinajstić information content (AvgIpc) is 2.26. The van der Waals surface area contributed by atoms with Gasteiger partial charge in [-0.25, -0.2) is 4.79 Å². The highest BCUT2D eigenvalue weighted by molar-refractivity contribution is 7.98. The van der Waals surface area contributed by atoms with Gasteiger partial charge in [0.25, 0.3) is 5.69 Å². The molecule has 0 unspecified atom stereocenters. The van der Waals surface area contributed by atoms with Crippen LogP contribution in [0.5, 0.6) is 0 Å². The molecule has 0 aromatic heterocycles. The summed E-state index contributed by atoms with van der Waals surface area (Å²) >= 11 is 1.40. The predicted octanol–water partition coefficient (Wildman–Crippen LogP) is 2.10. The summed E-state index contributed by atoms with van der Waals surface area (Å²) in [5.74, 6) is -0.697. The van der Waals surface area contributed by atoms with Gasteiger partial charge in [0.1, 0.15) is 5.56 Å². The zero-order valence-electron chi connectivity index (χ0n) is 8.22. The van der Waals surface area contributed by atoms with Crippen LogP contribution in [0.15, 0.2) is 23.1 Å². The highest BCUT2D eigenvalue weighted by atomic mass is 32.2. The number of nitro benzene ring substituents is 1. The second-order valence-electron chi connectivity index (χ2n) is 2.63. The fourth-order valence-corrected chi connectivity index (χ4v) is 1.51. The van der Waals surface area contributed by atoms with Crippen molar-refractivity contribution in [2.75, 3.05) is 13.4 Å². The van der Waals surface area contributed by atoms with E-state index in [9.17, 15) is 14.9 Å². The van der Waals surface area contributed by atoms with E-state index < -0.39 is 10.9 Å². The lowest BCUT2D eigenvalue weighted by atomic mass is 10.2. The first-order valence-electron chi connectivity index (χ1n) is 4.01. The molecule has 6 heteroatoms. The van der Waals surface area contributed by atoms with Crippen LogP contribution in [0, 0.1) is 10.1 Å². The van der Waals surface area contributed by atoms with Gasteiger partial charge in [-0.15, -0.1) is 11.8 Å². The van der Waals surface area contributed by atoms with Crippen molar-refractivity contribution in [3.63, 3.8) is 0 Å². The summed E-state index contributed by atoms with van der Waals surface area (Å²) < 4.78 is 4.47. The normalized spacial score (nSPS) is 9.73. The number of ether oxygens (including phenoxy) is 1. The van der Waals surface area contributed by atoms with Gasteiger partial charge in [0, 0.05) is 11.0 Å². The Bertz CT molecular complexity index is 405. The number of carbonyl (C=O) groups excluding carboxylic acids is 1. The van der Waals surface area contributed by atoms with Crippen molar-refractivity contribution in [1.29, 1.82) is 0 Å². The Hall–Kier alpha value is -1.56. The summed E-state index contributed by atoms with van der Waals surface area (Å²) in [6, 6.07) is 4.35. The molecule has 0 aliphatic heterocycles. The van der Waals surface area contributed by atoms with Gasteiger partial charge in [0.05, 0.1) is 12.0 Å². The van der Waals surface area contributed by atoms with Gasteiger partial charge in [-0.1, -0.05) is 0 Å². The highest BCUT2D eigenvalue weighted by Gasteiger charge is 2.20. The first kappa shape index (κ1) is 11.5. The maximum Gasteiger partial charge on any atom is 0.344 e. The van der Waals surface area contributed by atoms with Crippen LogP contribution >= 0.6 is 11.8 Å². The molecular weight excluding hydrogens is 218 g/mol. The molecule has 0 radical (unpaired) electrons. The zero-order chi connectivity index (χ0) is 11.4. The molecule has 0 aliphatic carbocycles. The average molecular weight is 227 g/mol. The zero-order valence-corrected chi connectivity index (χ0v) is 9.04. The van der Waals surface area contributed by atoms with E-state index in [0.29, 0.717) is 0 Å². The molecule has 1 aromatic rings. The minimum atomic E-state index is -0.697. The minimum Gasteiger partial charge on any atom is -0.465 e. The molecule has 0 saturated carbocycles. The Labute approximate surface area is 90.6 Å². The fraction of sp³-hybridized carbons (Fsp3) is 0.222. The van der Waals surface area contributed by atoms with E-state index >= 15 is 0 Å². The van der Waals surface area contributed by atoms with Crippen LogP contribution in [0.2, 0.25) is 0 Å². The molecule has 0 N–H and O–H groups in total. The van der Waals surface area contributed by atoms with E-state index in [4.69, 9.17) is 0 Å². The van der Waals surface area contributed by atoms with Crippen molar-refractivity contribution >= 4 is 23.4 Å². The topological polar surface area (TPSA) is 69.4 Å². The Morgan fingerprint density at radius 3 is 2.67 bits per heavy atom. The Morgan fingerprint density at radius 2 is 2.20 bits per heavy atom. The summed E-state index contributed by atoms with van der Waals surface area (Å²) in [4.78, 5) is 22.1. The number of hydrogen-bond donors (Lipinski definition) is 0. The second-order valence-corrected chi connectivity index (χ2v) is 3.51. The Kier molecular flexibility index (Phi) is 3.68. The largest absolute Gasteiger partial charge is 0.465 e. The number of nitrogens with zero attached hydrogens (tertiary/aromatic N) is 1. The van der Waals surface area contributed by atoms with E-state index in [-0.39, 0.29) is 11.3 Å². The predicted molar refractivity (Wildman–Crippen MR) is 56.2 cm³/mol. The number of hydrogen-bond acceptors (Lipinski definition) is 5. The van der Waals surface area contributed by atoms with Crippen LogP contribution in [0.25, 0.3) is 0 Å². The van der Waals surface area contributed by atoms with E-state index in [2.05, 4.69) is 4.74 Å². The molecule has 15 heavy (non-hydrogen) atoms. The molecule has 0 bridgehead atoms. The molecule has 0 heterocycles. The number of thioether (sulfide) groups is 1. The van der Waals surface area contributed by atoms with Crippen LogP contribution in [-0.2, 0) is 4.74 Å². The van der Waals surface area contributed by atoms with E-state index in [0.717, 1.165) is 4.90 Å². The lowest BCUT2D eigenvalue weighted by Gasteiger charge is -2.02. The van der Waals surface area contributed by atoms with Crippen LogP contribution in [-0.4, -0.2) is 24.3 Å². The molecule has 0 spiro atoms. The molecule has 0 aliphatic rings. The van der Waals surface area contributed by atoms with Gasteiger partial charge < -0.3 is 4.74 Å². The standard InChI is InChI=1S/C9H9NO4S/c1-14-9(11)7-5-6(15-2)3-4-8(7)10(12)13/h3-5H,1-2H3. The van der Waals surface area contributed by atoms with Crippen molar-refractivity contribution in [3.8, 4) is 0 Å². The van der Waals surface area contributed by atoms with Crippen LogP contribution in [0.3, 0.4) is 0 Å². The summed E-state index contributed by atoms with van der Waals surface area (Å²) in [7, 11) is 1.19. The number of methoxy groups -OCH3 is 1. The maximum absolute atomic E-state index is 11.3. The lowest BCUT2D eigenvalue weighted by Crippen LogP contribution is -2.05. The molecule has 5 nitrogen and oxygen atoms in total. The van der Waals surface area contributed by atoms with Gasteiger partial charge in [-0.3, -0.25) is 10.1 Å². The van der Waals surface area contributed by atoms with Crippen molar-refractivity contribution in [2.45, 2.75) is 4.90 Å². The van der Waals surface area contributed by atoms with Crippen LogP contribution in [0.1, 0.15) is 10.4 Å².